The molecule has 1 N–H and O–H groups in total. The van der Waals surface area contributed by atoms with E-state index >= 15 is 0 Å². The maximum atomic E-state index is 4.49. The van der Waals surface area contributed by atoms with Crippen molar-refractivity contribution in [1.29, 1.82) is 0 Å². The van der Waals surface area contributed by atoms with Crippen LogP contribution in [0, 0.1) is 0 Å². The van der Waals surface area contributed by atoms with Crippen LogP contribution in [0.5, 0.6) is 0 Å². The standard InChI is InChI=1S/C18H24N4/c1-4-13(2)21-17-10-18(20-12-19-17)22-11-16-8-6-5-7-15(16)9-14(22)3/h5-8,10,12-14H,4,9,11H2,1-3H3,(H,19,20,21)/t13-,14-/m1/s1. The Bertz CT molecular complexity index is 640. The summed E-state index contributed by atoms with van der Waals surface area (Å²) in [4.78, 5) is 11.2. The van der Waals surface area contributed by atoms with Crippen LogP contribution in [0.25, 0.3) is 0 Å². The maximum Gasteiger partial charge on any atom is 0.134 e. The Balaban J connectivity index is 1.83. The Hall–Kier alpha value is -2.10. The largest absolute Gasteiger partial charge is 0.367 e. The topological polar surface area (TPSA) is 41.0 Å². The monoisotopic (exact) mass is 296 g/mol. The minimum absolute atomic E-state index is 0.419. The Kier molecular flexibility index (Phi) is 4.27. The molecule has 2 atom stereocenters. The second-order valence-corrected chi connectivity index (χ2v) is 6.16. The quantitative estimate of drug-likeness (QED) is 0.935. The van der Waals surface area contributed by atoms with Crippen LogP contribution in [0.4, 0.5) is 11.6 Å². The molecular weight excluding hydrogens is 272 g/mol. The lowest BCUT2D eigenvalue weighted by Gasteiger charge is -2.36. The van der Waals surface area contributed by atoms with E-state index in [1.165, 1.54) is 11.1 Å². The fourth-order valence-corrected chi connectivity index (χ4v) is 2.92. The molecule has 116 valence electrons. The van der Waals surface area contributed by atoms with E-state index in [1.54, 1.807) is 6.33 Å². The van der Waals surface area contributed by atoms with Crippen LogP contribution < -0.4 is 10.2 Å². The number of hydrogen-bond donors (Lipinski definition) is 1. The van der Waals surface area contributed by atoms with Crippen molar-refractivity contribution < 1.29 is 0 Å². The van der Waals surface area contributed by atoms with E-state index in [0.29, 0.717) is 12.1 Å². The zero-order valence-corrected chi connectivity index (χ0v) is 13.6. The van der Waals surface area contributed by atoms with Gasteiger partial charge in [-0.3, -0.25) is 0 Å². The first-order chi connectivity index (χ1) is 10.7. The summed E-state index contributed by atoms with van der Waals surface area (Å²) in [6, 6.07) is 11.6. The van der Waals surface area contributed by atoms with Crippen molar-refractivity contribution in [2.75, 3.05) is 10.2 Å². The first-order valence-electron chi connectivity index (χ1n) is 8.09. The lowest BCUT2D eigenvalue weighted by molar-refractivity contribution is 0.586. The molecular formula is C18H24N4. The Labute approximate surface area is 132 Å². The number of fused-ring (bicyclic) bond motifs is 1. The number of hydrogen-bond acceptors (Lipinski definition) is 4. The van der Waals surface area contributed by atoms with Gasteiger partial charge in [-0.15, -0.1) is 0 Å². The molecule has 0 unspecified atom stereocenters. The smallest absolute Gasteiger partial charge is 0.134 e. The van der Waals surface area contributed by atoms with Gasteiger partial charge in [0.05, 0.1) is 0 Å². The van der Waals surface area contributed by atoms with E-state index in [4.69, 9.17) is 0 Å². The maximum absolute atomic E-state index is 4.49. The molecule has 0 fully saturated rings. The fraction of sp³-hybridized carbons (Fsp3) is 0.444. The summed E-state index contributed by atoms with van der Waals surface area (Å²) in [5.41, 5.74) is 2.86. The first-order valence-corrected chi connectivity index (χ1v) is 8.09. The van der Waals surface area contributed by atoms with Gasteiger partial charge >= 0.3 is 0 Å². The van der Waals surface area contributed by atoms with Gasteiger partial charge in [-0.1, -0.05) is 31.2 Å². The van der Waals surface area contributed by atoms with E-state index in [9.17, 15) is 0 Å². The summed E-state index contributed by atoms with van der Waals surface area (Å²) in [7, 11) is 0. The summed E-state index contributed by atoms with van der Waals surface area (Å²) in [5.74, 6) is 1.91. The van der Waals surface area contributed by atoms with Crippen LogP contribution in [0.15, 0.2) is 36.7 Å². The minimum atomic E-state index is 0.419. The molecule has 22 heavy (non-hydrogen) atoms. The number of nitrogens with one attached hydrogen (secondary N) is 1. The molecule has 0 radical (unpaired) electrons. The molecule has 2 aromatic rings. The highest BCUT2D eigenvalue weighted by molar-refractivity contribution is 5.51. The zero-order chi connectivity index (χ0) is 15.5. The van der Waals surface area contributed by atoms with Gasteiger partial charge in [-0.2, -0.15) is 0 Å². The van der Waals surface area contributed by atoms with Gasteiger partial charge in [0.25, 0.3) is 0 Å². The van der Waals surface area contributed by atoms with Crippen LogP contribution in [-0.4, -0.2) is 22.1 Å². The molecule has 1 aliphatic heterocycles. The first kappa shape index (κ1) is 14.8. The van der Waals surface area contributed by atoms with E-state index in [0.717, 1.165) is 31.0 Å². The van der Waals surface area contributed by atoms with Crippen molar-refractivity contribution in [2.24, 2.45) is 0 Å². The van der Waals surface area contributed by atoms with Crippen molar-refractivity contribution in [3.05, 3.63) is 47.8 Å². The molecule has 1 aliphatic rings. The summed E-state index contributed by atoms with van der Waals surface area (Å²) in [6.07, 6.45) is 3.80. The summed E-state index contributed by atoms with van der Waals surface area (Å²) in [6.45, 7) is 7.52. The summed E-state index contributed by atoms with van der Waals surface area (Å²) in [5, 5.41) is 3.43. The molecule has 0 bridgehead atoms. The van der Waals surface area contributed by atoms with Crippen LogP contribution in [0.1, 0.15) is 38.3 Å². The van der Waals surface area contributed by atoms with Crippen molar-refractivity contribution >= 4 is 11.6 Å². The van der Waals surface area contributed by atoms with E-state index in [-0.39, 0.29) is 0 Å². The molecule has 0 spiro atoms. The second-order valence-electron chi connectivity index (χ2n) is 6.16. The van der Waals surface area contributed by atoms with Gasteiger partial charge in [-0.05, 0) is 37.8 Å². The third kappa shape index (κ3) is 3.06. The molecule has 4 heteroatoms. The van der Waals surface area contributed by atoms with Gasteiger partial charge in [0, 0.05) is 24.7 Å². The molecule has 1 aromatic heterocycles. The third-order valence-corrected chi connectivity index (χ3v) is 4.46. The number of aromatic nitrogens is 2. The minimum Gasteiger partial charge on any atom is -0.367 e. The van der Waals surface area contributed by atoms with Crippen LogP contribution >= 0.6 is 0 Å². The number of anilines is 2. The normalized spacial score (nSPS) is 18.7. The molecule has 3 rings (SSSR count). The molecule has 0 aliphatic carbocycles. The number of rotatable bonds is 4. The van der Waals surface area contributed by atoms with Gasteiger partial charge in [-0.25, -0.2) is 9.97 Å². The lowest BCUT2D eigenvalue weighted by Crippen LogP contribution is -2.39. The van der Waals surface area contributed by atoms with Crippen LogP contribution in [0.2, 0.25) is 0 Å². The fourth-order valence-electron chi connectivity index (χ4n) is 2.92. The highest BCUT2D eigenvalue weighted by atomic mass is 15.2. The van der Waals surface area contributed by atoms with Crippen molar-refractivity contribution in [3.63, 3.8) is 0 Å². The van der Waals surface area contributed by atoms with Gasteiger partial charge in [0.2, 0.25) is 0 Å². The predicted molar refractivity (Wildman–Crippen MR) is 91.2 cm³/mol. The highest BCUT2D eigenvalue weighted by Crippen LogP contribution is 2.27. The lowest BCUT2D eigenvalue weighted by atomic mass is 9.95. The van der Waals surface area contributed by atoms with Gasteiger partial charge in [0.15, 0.2) is 0 Å². The second kappa shape index (κ2) is 6.34. The van der Waals surface area contributed by atoms with Crippen molar-refractivity contribution in [2.45, 2.75) is 52.2 Å². The van der Waals surface area contributed by atoms with Crippen LogP contribution in [-0.2, 0) is 13.0 Å². The molecule has 1 aromatic carbocycles. The summed E-state index contributed by atoms with van der Waals surface area (Å²) >= 11 is 0. The van der Waals surface area contributed by atoms with E-state index < -0.39 is 0 Å². The van der Waals surface area contributed by atoms with Crippen molar-refractivity contribution in [1.82, 2.24) is 9.97 Å². The average Bonchev–Trinajstić information content (AvgIpc) is 2.54. The van der Waals surface area contributed by atoms with Gasteiger partial charge in [0.1, 0.15) is 18.0 Å². The molecule has 2 heterocycles. The third-order valence-electron chi connectivity index (χ3n) is 4.46. The van der Waals surface area contributed by atoms with Crippen LogP contribution in [0.3, 0.4) is 0 Å². The van der Waals surface area contributed by atoms with E-state index in [1.807, 2.05) is 0 Å². The number of nitrogens with zero attached hydrogens (tertiary/aromatic N) is 3. The highest BCUT2D eigenvalue weighted by Gasteiger charge is 2.23. The van der Waals surface area contributed by atoms with Gasteiger partial charge < -0.3 is 10.2 Å². The Morgan fingerprint density at radius 3 is 2.82 bits per heavy atom. The predicted octanol–water partition coefficient (Wildman–Crippen LogP) is 3.64. The number of benzene rings is 1. The zero-order valence-electron chi connectivity index (χ0n) is 13.6. The molecule has 4 nitrogen and oxygen atoms in total. The molecule has 0 saturated heterocycles. The SMILES string of the molecule is CC[C@@H](C)Nc1cc(N2Cc3ccccc3C[C@H]2C)ncn1. The molecule has 0 saturated carbocycles. The molecule has 0 amide bonds. The Morgan fingerprint density at radius 1 is 1.27 bits per heavy atom. The van der Waals surface area contributed by atoms with E-state index in [2.05, 4.69) is 71.3 Å². The van der Waals surface area contributed by atoms with Crippen molar-refractivity contribution in [3.8, 4) is 0 Å². The average molecular weight is 296 g/mol. The Morgan fingerprint density at radius 2 is 2.05 bits per heavy atom. The summed E-state index contributed by atoms with van der Waals surface area (Å²) < 4.78 is 0.